The highest BCUT2D eigenvalue weighted by Gasteiger charge is 2.42. The third-order valence-corrected chi connectivity index (χ3v) is 4.96. The molecule has 114 valence electrons. The van der Waals surface area contributed by atoms with Gasteiger partial charge in [0.2, 0.25) is 0 Å². The Morgan fingerprint density at radius 2 is 1.95 bits per heavy atom. The largest absolute Gasteiger partial charge is 0.481 e. The molecule has 0 radical (unpaired) electrons. The van der Waals surface area contributed by atoms with Gasteiger partial charge in [0, 0.05) is 18.5 Å². The van der Waals surface area contributed by atoms with Crippen molar-refractivity contribution in [1.82, 2.24) is 10.6 Å². The summed E-state index contributed by atoms with van der Waals surface area (Å²) in [5, 5.41) is 14.5. The Kier molecular flexibility index (Phi) is 4.89. The number of amides is 2. The van der Waals surface area contributed by atoms with Crippen molar-refractivity contribution in [3.05, 3.63) is 0 Å². The van der Waals surface area contributed by atoms with Crippen LogP contribution in [-0.2, 0) is 4.79 Å². The highest BCUT2D eigenvalue weighted by molar-refractivity contribution is 5.74. The zero-order chi connectivity index (χ0) is 14.7. The van der Waals surface area contributed by atoms with Crippen LogP contribution >= 0.6 is 0 Å². The first-order chi connectivity index (χ1) is 9.45. The van der Waals surface area contributed by atoms with Crippen LogP contribution in [0.3, 0.4) is 0 Å². The zero-order valence-electron chi connectivity index (χ0n) is 12.4. The first kappa shape index (κ1) is 15.1. The average molecular weight is 282 g/mol. The second kappa shape index (κ2) is 6.46. The number of carboxylic acids is 1. The van der Waals surface area contributed by atoms with E-state index in [4.69, 9.17) is 5.11 Å². The minimum atomic E-state index is -0.825. The van der Waals surface area contributed by atoms with Crippen LogP contribution in [0.25, 0.3) is 0 Å². The molecule has 2 aliphatic rings. The van der Waals surface area contributed by atoms with Crippen LogP contribution in [0.15, 0.2) is 0 Å². The molecular weight excluding hydrogens is 256 g/mol. The molecule has 0 aliphatic heterocycles. The van der Waals surface area contributed by atoms with Gasteiger partial charge < -0.3 is 15.7 Å². The Labute approximate surface area is 120 Å². The Hall–Kier alpha value is -1.26. The molecule has 0 aromatic heterocycles. The van der Waals surface area contributed by atoms with Crippen molar-refractivity contribution in [1.29, 1.82) is 0 Å². The summed E-state index contributed by atoms with van der Waals surface area (Å²) in [4.78, 5) is 22.4. The monoisotopic (exact) mass is 282 g/mol. The molecule has 2 rings (SSSR count). The summed E-state index contributed by atoms with van der Waals surface area (Å²) in [6.45, 7) is 3.93. The van der Waals surface area contributed by atoms with Gasteiger partial charge in [0.1, 0.15) is 0 Å². The number of fused-ring (bicyclic) bond motifs is 2. The van der Waals surface area contributed by atoms with Gasteiger partial charge in [0.05, 0.1) is 0 Å². The van der Waals surface area contributed by atoms with Crippen molar-refractivity contribution in [2.45, 2.75) is 64.5 Å². The topological polar surface area (TPSA) is 78.4 Å². The van der Waals surface area contributed by atoms with Gasteiger partial charge in [-0.1, -0.05) is 6.42 Å². The van der Waals surface area contributed by atoms with Crippen LogP contribution in [0.1, 0.15) is 52.4 Å². The van der Waals surface area contributed by atoms with Gasteiger partial charge in [-0.25, -0.2) is 4.79 Å². The Morgan fingerprint density at radius 1 is 1.20 bits per heavy atom. The van der Waals surface area contributed by atoms with Gasteiger partial charge in [-0.15, -0.1) is 0 Å². The van der Waals surface area contributed by atoms with Crippen molar-refractivity contribution in [2.75, 3.05) is 0 Å². The van der Waals surface area contributed by atoms with Crippen molar-refractivity contribution >= 4 is 12.0 Å². The molecule has 0 spiro atoms. The van der Waals surface area contributed by atoms with Gasteiger partial charge in [-0.05, 0) is 57.3 Å². The number of carbonyl (C=O) groups excluding carboxylic acids is 1. The molecule has 0 heterocycles. The van der Waals surface area contributed by atoms with Crippen molar-refractivity contribution in [3.63, 3.8) is 0 Å². The number of nitrogens with one attached hydrogen (secondary N) is 2. The first-order valence-corrected chi connectivity index (χ1v) is 7.74. The fourth-order valence-electron chi connectivity index (χ4n) is 3.90. The second-order valence-corrected chi connectivity index (χ2v) is 6.58. The number of hydrogen-bond donors (Lipinski definition) is 3. The summed E-state index contributed by atoms with van der Waals surface area (Å²) >= 11 is 0. The van der Waals surface area contributed by atoms with Gasteiger partial charge in [0.25, 0.3) is 0 Å². The predicted molar refractivity (Wildman–Crippen MR) is 76.4 cm³/mol. The van der Waals surface area contributed by atoms with Crippen molar-refractivity contribution in [2.24, 2.45) is 17.8 Å². The molecule has 2 saturated carbocycles. The molecule has 5 atom stereocenters. The van der Waals surface area contributed by atoms with Crippen LogP contribution in [-0.4, -0.2) is 29.2 Å². The number of urea groups is 1. The van der Waals surface area contributed by atoms with Crippen molar-refractivity contribution in [3.8, 4) is 0 Å². The summed E-state index contributed by atoms with van der Waals surface area (Å²) in [6.07, 6.45) is 5.83. The normalized spacial score (nSPS) is 30.8. The molecule has 2 amide bonds. The predicted octanol–water partition coefficient (Wildman–Crippen LogP) is 2.36. The molecule has 5 heteroatoms. The highest BCUT2D eigenvalue weighted by atomic mass is 16.4. The third kappa shape index (κ3) is 3.87. The van der Waals surface area contributed by atoms with Gasteiger partial charge in [0.15, 0.2) is 0 Å². The highest BCUT2D eigenvalue weighted by Crippen LogP contribution is 2.49. The Morgan fingerprint density at radius 3 is 2.50 bits per heavy atom. The van der Waals surface area contributed by atoms with Crippen molar-refractivity contribution < 1.29 is 14.7 Å². The molecule has 20 heavy (non-hydrogen) atoms. The fraction of sp³-hybridized carbons (Fsp3) is 0.867. The van der Waals surface area contributed by atoms with E-state index in [-0.39, 0.29) is 24.5 Å². The maximum atomic E-state index is 11.9. The van der Waals surface area contributed by atoms with Crippen LogP contribution in [0.2, 0.25) is 0 Å². The van der Waals surface area contributed by atoms with E-state index >= 15 is 0 Å². The average Bonchev–Trinajstić information content (AvgIpc) is 2.98. The number of hydrogen-bond acceptors (Lipinski definition) is 2. The lowest BCUT2D eigenvalue weighted by molar-refractivity contribution is -0.137. The molecule has 2 fully saturated rings. The molecule has 5 unspecified atom stereocenters. The maximum absolute atomic E-state index is 11.9. The molecule has 0 saturated heterocycles. The quantitative estimate of drug-likeness (QED) is 0.700. The first-order valence-electron chi connectivity index (χ1n) is 7.74. The van der Waals surface area contributed by atoms with E-state index in [0.717, 1.165) is 11.8 Å². The van der Waals surface area contributed by atoms with E-state index in [0.29, 0.717) is 12.3 Å². The summed E-state index contributed by atoms with van der Waals surface area (Å²) in [6, 6.07) is -0.0755. The fourth-order valence-corrected chi connectivity index (χ4v) is 3.90. The van der Waals surface area contributed by atoms with Crippen LogP contribution in [0.4, 0.5) is 4.79 Å². The molecule has 5 nitrogen and oxygen atoms in total. The molecule has 2 bridgehead atoms. The van der Waals surface area contributed by atoms with Crippen LogP contribution in [0.5, 0.6) is 0 Å². The lowest BCUT2D eigenvalue weighted by Gasteiger charge is -2.29. The summed E-state index contributed by atoms with van der Waals surface area (Å²) in [5.74, 6) is 1.47. The van der Waals surface area contributed by atoms with E-state index in [1.807, 2.05) is 6.92 Å². The van der Waals surface area contributed by atoms with Gasteiger partial charge >= 0.3 is 12.0 Å². The third-order valence-electron chi connectivity index (χ3n) is 4.96. The van der Waals surface area contributed by atoms with Gasteiger partial charge in [-0.3, -0.25) is 4.79 Å². The minimum absolute atomic E-state index is 0.0867. The van der Waals surface area contributed by atoms with Crippen LogP contribution in [0, 0.1) is 17.8 Å². The smallest absolute Gasteiger partial charge is 0.315 e. The number of carbonyl (C=O) groups is 2. The summed E-state index contributed by atoms with van der Waals surface area (Å²) in [7, 11) is 0. The Bertz CT molecular complexity index is 372. The maximum Gasteiger partial charge on any atom is 0.315 e. The summed E-state index contributed by atoms with van der Waals surface area (Å²) < 4.78 is 0. The number of aliphatic carboxylic acids is 1. The molecule has 0 aromatic carbocycles. The summed E-state index contributed by atoms with van der Waals surface area (Å²) in [5.41, 5.74) is 0. The van der Waals surface area contributed by atoms with E-state index in [9.17, 15) is 9.59 Å². The molecule has 2 aliphatic carbocycles. The van der Waals surface area contributed by atoms with E-state index in [2.05, 4.69) is 17.6 Å². The molecule has 3 N–H and O–H groups in total. The SMILES string of the molecule is CC(CCC(=O)O)NC(=O)NC(C)C1CC2CCC1C2. The standard InChI is InChI=1S/C15H26N2O3/c1-9(3-6-14(18)19)16-15(20)17-10(2)13-8-11-4-5-12(13)7-11/h9-13H,3-8H2,1-2H3,(H,18,19)(H2,16,17,20). The van der Waals surface area contributed by atoms with E-state index in [1.54, 1.807) is 0 Å². The van der Waals surface area contributed by atoms with Crippen LogP contribution < -0.4 is 10.6 Å². The molecular formula is C15H26N2O3. The van der Waals surface area contributed by atoms with E-state index < -0.39 is 5.97 Å². The molecule has 0 aromatic rings. The van der Waals surface area contributed by atoms with E-state index in [1.165, 1.54) is 25.7 Å². The lowest BCUT2D eigenvalue weighted by Crippen LogP contribution is -2.47. The minimum Gasteiger partial charge on any atom is -0.481 e. The van der Waals surface area contributed by atoms with Gasteiger partial charge in [-0.2, -0.15) is 0 Å². The zero-order valence-corrected chi connectivity index (χ0v) is 12.4. The number of rotatable bonds is 6. The second-order valence-electron chi connectivity index (χ2n) is 6.58. The Balaban J connectivity index is 1.70. The lowest BCUT2D eigenvalue weighted by atomic mass is 9.84. The number of carboxylic acid groups (broad SMARTS) is 1.